The van der Waals surface area contributed by atoms with Crippen molar-refractivity contribution in [2.45, 2.75) is 30.6 Å². The lowest BCUT2D eigenvalue weighted by Gasteiger charge is -2.12. The Balaban J connectivity index is 1.50. The molecule has 0 aliphatic rings. The smallest absolute Gasteiger partial charge is 0.296 e. The second-order valence-electron chi connectivity index (χ2n) is 10.3. The normalized spacial score (nSPS) is 12.0. The van der Waals surface area contributed by atoms with E-state index in [-0.39, 0.29) is 38.4 Å². The van der Waals surface area contributed by atoms with Crippen molar-refractivity contribution in [3.63, 3.8) is 0 Å². The van der Waals surface area contributed by atoms with Crippen LogP contribution in [0.1, 0.15) is 16.7 Å². The van der Waals surface area contributed by atoms with Gasteiger partial charge in [-0.2, -0.15) is 13.5 Å². The first-order chi connectivity index (χ1) is 22.5. The Labute approximate surface area is 274 Å². The second kappa shape index (κ2) is 14.3. The zero-order valence-electron chi connectivity index (χ0n) is 25.5. The molecule has 0 fully saturated rings. The van der Waals surface area contributed by atoms with Crippen molar-refractivity contribution < 1.29 is 37.4 Å². The van der Waals surface area contributed by atoms with Crippen molar-refractivity contribution >= 4 is 67.1 Å². The first-order valence-corrected chi connectivity index (χ1v) is 16.0. The summed E-state index contributed by atoms with van der Waals surface area (Å²) in [7, 11) is -3.13. The molecular formula is C32H29N5O8S2. The van der Waals surface area contributed by atoms with E-state index >= 15 is 0 Å². The molecule has 4 N–H and O–H groups in total. The first kappa shape index (κ1) is 33.5. The van der Waals surface area contributed by atoms with Gasteiger partial charge in [-0.15, -0.1) is 19.7 Å². The summed E-state index contributed by atoms with van der Waals surface area (Å²) in [5.74, 6) is 0.0655. The van der Waals surface area contributed by atoms with E-state index in [0.29, 0.717) is 45.2 Å². The third kappa shape index (κ3) is 7.74. The Morgan fingerprint density at radius 3 is 2.21 bits per heavy atom. The number of phenols is 1. The Morgan fingerprint density at radius 1 is 0.787 bits per heavy atom. The summed E-state index contributed by atoms with van der Waals surface area (Å²) < 4.78 is 43.9. The van der Waals surface area contributed by atoms with Gasteiger partial charge in [0, 0.05) is 22.8 Å². The number of nitrogens with one attached hydrogen (secondary N) is 1. The molecule has 0 aliphatic carbocycles. The first-order valence-electron chi connectivity index (χ1n) is 13.9. The predicted molar refractivity (Wildman–Crippen MR) is 178 cm³/mol. The van der Waals surface area contributed by atoms with Crippen LogP contribution in [0, 0.1) is 20.8 Å². The van der Waals surface area contributed by atoms with Crippen molar-refractivity contribution in [3.8, 4) is 11.5 Å². The Hall–Kier alpha value is -4.90. The van der Waals surface area contributed by atoms with Crippen LogP contribution in [0.5, 0.6) is 11.5 Å². The number of ether oxygens (including phenoxy) is 1. The molecule has 0 heterocycles. The third-order valence-corrected chi connectivity index (χ3v) is 8.46. The fraction of sp³-hybridized carbons (Fsp3) is 0.125. The van der Waals surface area contributed by atoms with Crippen molar-refractivity contribution in [2.75, 3.05) is 12.4 Å². The molecule has 15 heteroatoms. The van der Waals surface area contributed by atoms with Gasteiger partial charge in [0.25, 0.3) is 10.1 Å². The summed E-state index contributed by atoms with van der Waals surface area (Å²) >= 11 is 0.620. The minimum Gasteiger partial charge on any atom is -0.505 e. The van der Waals surface area contributed by atoms with Crippen LogP contribution in [0.25, 0.3) is 10.8 Å². The number of rotatable bonds is 11. The molecule has 0 spiro atoms. The number of aryl methyl sites for hydroxylation is 3. The highest BCUT2D eigenvalue weighted by Crippen LogP contribution is 2.46. The summed E-state index contributed by atoms with van der Waals surface area (Å²) in [6.45, 7) is 5.11. The number of hydrogen-bond acceptors (Lipinski definition) is 13. The van der Waals surface area contributed by atoms with Gasteiger partial charge >= 0.3 is 0 Å². The number of fused-ring (bicyclic) bond motifs is 1. The SMILES string of the molecule is COc1cc(N=Nc2c(C)cc(C)cc2S(=O)(=O)O)c(C)cc1N=Nc1c(SOOO)cc2cc(Nc3ccccc3)ccc2c1O. The summed E-state index contributed by atoms with van der Waals surface area (Å²) in [4.78, 5) is -0.0641. The van der Waals surface area contributed by atoms with E-state index in [1.165, 1.54) is 13.2 Å². The highest BCUT2D eigenvalue weighted by atomic mass is 32.2. The topological polar surface area (TPSA) is 184 Å². The zero-order valence-corrected chi connectivity index (χ0v) is 27.1. The van der Waals surface area contributed by atoms with Crippen LogP contribution in [0.2, 0.25) is 0 Å². The van der Waals surface area contributed by atoms with Crippen molar-refractivity contribution in [1.29, 1.82) is 0 Å². The van der Waals surface area contributed by atoms with E-state index in [9.17, 15) is 18.1 Å². The average molecular weight is 676 g/mol. The van der Waals surface area contributed by atoms with Gasteiger partial charge in [0.1, 0.15) is 27.7 Å². The van der Waals surface area contributed by atoms with Crippen LogP contribution in [0.3, 0.4) is 0 Å². The van der Waals surface area contributed by atoms with Gasteiger partial charge in [-0.25, -0.2) is 5.26 Å². The molecule has 0 saturated heterocycles. The molecule has 5 rings (SSSR count). The largest absolute Gasteiger partial charge is 0.505 e. The minimum absolute atomic E-state index is 0.00841. The lowest BCUT2D eigenvalue weighted by Crippen LogP contribution is -2.00. The predicted octanol–water partition coefficient (Wildman–Crippen LogP) is 9.73. The van der Waals surface area contributed by atoms with Gasteiger partial charge in [0.15, 0.2) is 5.75 Å². The molecule has 5 aromatic rings. The Bertz CT molecular complexity index is 2120. The molecule has 0 aromatic heterocycles. The number of benzene rings is 5. The molecule has 0 saturated carbocycles. The molecule has 0 unspecified atom stereocenters. The summed E-state index contributed by atoms with van der Waals surface area (Å²) in [5, 5.41) is 45.3. The number of anilines is 2. The van der Waals surface area contributed by atoms with Gasteiger partial charge in [-0.1, -0.05) is 29.3 Å². The van der Waals surface area contributed by atoms with Crippen LogP contribution in [-0.2, 0) is 19.5 Å². The Kier molecular flexibility index (Phi) is 10.1. The molecule has 0 bridgehead atoms. The number of azo groups is 2. The van der Waals surface area contributed by atoms with Crippen LogP contribution in [-0.4, -0.2) is 30.4 Å². The number of methoxy groups -OCH3 is 1. The van der Waals surface area contributed by atoms with Crippen LogP contribution < -0.4 is 10.1 Å². The molecular weight excluding hydrogens is 647 g/mol. The molecule has 242 valence electrons. The second-order valence-corrected chi connectivity index (χ2v) is 12.5. The zero-order chi connectivity index (χ0) is 33.7. The maximum absolute atomic E-state index is 12.0. The number of aromatic hydroxyl groups is 1. The maximum atomic E-state index is 12.0. The van der Waals surface area contributed by atoms with E-state index in [1.54, 1.807) is 51.1 Å². The van der Waals surface area contributed by atoms with E-state index in [2.05, 4.69) is 35.1 Å². The fourth-order valence-electron chi connectivity index (χ4n) is 4.79. The lowest BCUT2D eigenvalue weighted by molar-refractivity contribution is -0.432. The molecule has 0 aliphatic heterocycles. The van der Waals surface area contributed by atoms with Crippen LogP contribution in [0.4, 0.5) is 34.1 Å². The molecule has 0 radical (unpaired) electrons. The van der Waals surface area contributed by atoms with Gasteiger partial charge in [0.05, 0.1) is 29.7 Å². The quantitative estimate of drug-likeness (QED) is 0.0345. The van der Waals surface area contributed by atoms with Crippen LogP contribution in [0.15, 0.2) is 109 Å². The van der Waals surface area contributed by atoms with Gasteiger partial charge < -0.3 is 15.2 Å². The van der Waals surface area contributed by atoms with E-state index in [1.807, 2.05) is 42.5 Å². The lowest BCUT2D eigenvalue weighted by atomic mass is 10.1. The average Bonchev–Trinajstić information content (AvgIpc) is 3.03. The fourth-order valence-corrected chi connectivity index (χ4v) is 6.07. The maximum Gasteiger partial charge on any atom is 0.296 e. The van der Waals surface area contributed by atoms with Crippen LogP contribution >= 0.6 is 12.0 Å². The van der Waals surface area contributed by atoms with Gasteiger partial charge in [0.2, 0.25) is 0 Å². The van der Waals surface area contributed by atoms with Crippen molar-refractivity contribution in [3.05, 3.63) is 95.6 Å². The van der Waals surface area contributed by atoms with E-state index in [0.717, 1.165) is 11.4 Å². The molecule has 5 aromatic carbocycles. The summed E-state index contributed by atoms with van der Waals surface area (Å²) in [5.41, 5.74) is 4.09. The Morgan fingerprint density at radius 2 is 1.51 bits per heavy atom. The van der Waals surface area contributed by atoms with Crippen molar-refractivity contribution in [2.24, 2.45) is 20.5 Å². The van der Waals surface area contributed by atoms with E-state index in [4.69, 9.17) is 9.99 Å². The number of para-hydroxylation sites is 1. The number of nitrogens with zero attached hydrogens (tertiary/aromatic N) is 4. The van der Waals surface area contributed by atoms with Gasteiger partial charge in [-0.05, 0) is 91.4 Å². The highest BCUT2D eigenvalue weighted by Gasteiger charge is 2.19. The number of hydrogen-bond donors (Lipinski definition) is 4. The van der Waals surface area contributed by atoms with Crippen molar-refractivity contribution in [1.82, 2.24) is 0 Å². The monoisotopic (exact) mass is 675 g/mol. The number of phenolic OH excluding ortho intramolecular Hbond substituents is 1. The van der Waals surface area contributed by atoms with Gasteiger partial charge in [-0.3, -0.25) is 4.55 Å². The van der Waals surface area contributed by atoms with E-state index < -0.39 is 10.1 Å². The third-order valence-electron chi connectivity index (χ3n) is 6.97. The molecule has 0 amide bonds. The highest BCUT2D eigenvalue weighted by molar-refractivity contribution is 7.94. The standard InChI is InChI=1S/C32H29N5O8S2/c1-18-12-20(3)30(29(13-18)47(40,41)42)36-34-25-17-27(43-4)26(14-19(25)2)35-37-31-28(46-45-44-39)16-21-15-23(10-11-24(21)32(31)38)33-22-8-6-5-7-9-22/h5-17,33,38-39H,1-4H3,(H,40,41,42). The summed E-state index contributed by atoms with van der Waals surface area (Å²) in [6, 6.07) is 22.9. The molecule has 0 atom stereocenters. The molecule has 13 nitrogen and oxygen atoms in total. The minimum atomic E-state index is -4.55. The molecule has 47 heavy (non-hydrogen) atoms. The summed E-state index contributed by atoms with van der Waals surface area (Å²) in [6.07, 6.45) is 0.